The van der Waals surface area contributed by atoms with Crippen LogP contribution in [0.25, 0.3) is 0 Å². The lowest BCUT2D eigenvalue weighted by Gasteiger charge is -2.08. The van der Waals surface area contributed by atoms with Crippen LogP contribution in [-0.4, -0.2) is 15.8 Å². The molecule has 1 atom stereocenters. The highest BCUT2D eigenvalue weighted by Gasteiger charge is 2.20. The minimum atomic E-state index is -1.01. The molecule has 0 spiro atoms. The molecule has 0 bridgehead atoms. The number of aliphatic hydroxyl groups excluding tert-OH is 1. The minimum absolute atomic E-state index is 0.136. The monoisotopic (exact) mass is 271 g/mol. The Morgan fingerprint density at radius 3 is 2.35 bits per heavy atom. The first-order chi connectivity index (χ1) is 9.50. The lowest BCUT2D eigenvalue weighted by Crippen LogP contribution is -2.05. The van der Waals surface area contributed by atoms with E-state index in [1.807, 2.05) is 0 Å². The van der Waals surface area contributed by atoms with Crippen LogP contribution < -0.4 is 0 Å². The van der Waals surface area contributed by atoms with Crippen LogP contribution in [0.4, 0.5) is 5.69 Å². The predicted octanol–water partition coefficient (Wildman–Crippen LogP) is 2.88. The standard InChI is InChI=1S/C15H13NO4/c1-10(17)13-9-12(7-8-14(13)16(19)20)15(18)11-5-3-2-4-6-11/h2-10,17H,1H3. The Morgan fingerprint density at radius 1 is 1.15 bits per heavy atom. The van der Waals surface area contributed by atoms with Crippen molar-refractivity contribution in [3.05, 3.63) is 75.3 Å². The topological polar surface area (TPSA) is 80.4 Å². The Kier molecular flexibility index (Phi) is 3.91. The average Bonchev–Trinajstić information content (AvgIpc) is 2.46. The molecule has 0 aromatic heterocycles. The molecule has 1 N–H and O–H groups in total. The van der Waals surface area contributed by atoms with Crippen LogP contribution in [-0.2, 0) is 0 Å². The third-order valence-corrected chi connectivity index (χ3v) is 2.97. The van der Waals surface area contributed by atoms with E-state index in [9.17, 15) is 20.0 Å². The molecule has 0 aliphatic heterocycles. The van der Waals surface area contributed by atoms with Crippen molar-refractivity contribution in [3.8, 4) is 0 Å². The lowest BCUT2D eigenvalue weighted by molar-refractivity contribution is -0.386. The minimum Gasteiger partial charge on any atom is -0.388 e. The molecular formula is C15H13NO4. The van der Waals surface area contributed by atoms with Crippen LogP contribution in [0.5, 0.6) is 0 Å². The molecule has 2 rings (SSSR count). The van der Waals surface area contributed by atoms with Crippen molar-refractivity contribution >= 4 is 11.5 Å². The quantitative estimate of drug-likeness (QED) is 0.526. The summed E-state index contributed by atoms with van der Waals surface area (Å²) >= 11 is 0. The fraction of sp³-hybridized carbons (Fsp3) is 0.133. The van der Waals surface area contributed by atoms with Crippen LogP contribution in [0.3, 0.4) is 0 Å². The van der Waals surface area contributed by atoms with E-state index in [1.54, 1.807) is 30.3 Å². The molecule has 0 saturated heterocycles. The molecule has 0 aliphatic carbocycles. The lowest BCUT2D eigenvalue weighted by atomic mass is 9.98. The molecule has 0 fully saturated rings. The molecule has 2 aromatic carbocycles. The highest BCUT2D eigenvalue weighted by atomic mass is 16.6. The summed E-state index contributed by atoms with van der Waals surface area (Å²) in [6.07, 6.45) is -1.01. The summed E-state index contributed by atoms with van der Waals surface area (Å²) in [6.45, 7) is 1.43. The molecule has 2 aromatic rings. The molecule has 102 valence electrons. The van der Waals surface area contributed by atoms with E-state index < -0.39 is 11.0 Å². The fourth-order valence-electron chi connectivity index (χ4n) is 1.95. The SMILES string of the molecule is CC(O)c1cc(C(=O)c2ccccc2)ccc1[N+](=O)[O-]. The van der Waals surface area contributed by atoms with Crippen molar-refractivity contribution in [2.75, 3.05) is 0 Å². The summed E-state index contributed by atoms with van der Waals surface area (Å²) in [5, 5.41) is 20.5. The average molecular weight is 271 g/mol. The van der Waals surface area contributed by atoms with Crippen LogP contribution in [0, 0.1) is 10.1 Å². The second-order valence-corrected chi connectivity index (χ2v) is 4.40. The first-order valence-electron chi connectivity index (χ1n) is 6.07. The summed E-state index contributed by atoms with van der Waals surface area (Å²) < 4.78 is 0. The number of aliphatic hydroxyl groups is 1. The second kappa shape index (κ2) is 5.63. The summed E-state index contributed by atoms with van der Waals surface area (Å²) in [6, 6.07) is 12.7. The predicted molar refractivity (Wildman–Crippen MR) is 73.6 cm³/mol. The van der Waals surface area contributed by atoms with Crippen LogP contribution in [0.1, 0.15) is 34.5 Å². The first-order valence-corrected chi connectivity index (χ1v) is 6.07. The third-order valence-electron chi connectivity index (χ3n) is 2.97. The summed E-state index contributed by atoms with van der Waals surface area (Å²) in [5.74, 6) is -0.234. The Labute approximate surface area is 115 Å². The third kappa shape index (κ3) is 2.73. The molecule has 5 heteroatoms. The van der Waals surface area contributed by atoms with Crippen molar-refractivity contribution in [3.63, 3.8) is 0 Å². The van der Waals surface area contributed by atoms with Gasteiger partial charge in [-0.3, -0.25) is 14.9 Å². The zero-order chi connectivity index (χ0) is 14.7. The fourth-order valence-corrected chi connectivity index (χ4v) is 1.95. The Bertz CT molecular complexity index is 650. The van der Waals surface area contributed by atoms with Gasteiger partial charge in [-0.2, -0.15) is 0 Å². The molecule has 0 amide bonds. The number of nitrogens with zero attached hydrogens (tertiary/aromatic N) is 1. The van der Waals surface area contributed by atoms with Gasteiger partial charge in [-0.05, 0) is 19.1 Å². The van der Waals surface area contributed by atoms with Crippen molar-refractivity contribution in [2.24, 2.45) is 0 Å². The zero-order valence-corrected chi connectivity index (χ0v) is 10.8. The van der Waals surface area contributed by atoms with E-state index in [0.717, 1.165) is 0 Å². The van der Waals surface area contributed by atoms with Gasteiger partial charge in [-0.25, -0.2) is 0 Å². The number of hydrogen-bond acceptors (Lipinski definition) is 4. The Balaban J connectivity index is 2.47. The van der Waals surface area contributed by atoms with Gasteiger partial charge in [0.1, 0.15) is 0 Å². The van der Waals surface area contributed by atoms with Gasteiger partial charge in [0.2, 0.25) is 0 Å². The maximum Gasteiger partial charge on any atom is 0.275 e. The number of carbonyl (C=O) groups excluding carboxylic acids is 1. The van der Waals surface area contributed by atoms with E-state index in [-0.39, 0.29) is 17.0 Å². The maximum atomic E-state index is 12.3. The van der Waals surface area contributed by atoms with Crippen LogP contribution in [0.15, 0.2) is 48.5 Å². The van der Waals surface area contributed by atoms with Crippen molar-refractivity contribution in [1.82, 2.24) is 0 Å². The van der Waals surface area contributed by atoms with Gasteiger partial charge < -0.3 is 5.11 Å². The van der Waals surface area contributed by atoms with Crippen LogP contribution in [0.2, 0.25) is 0 Å². The number of nitro benzene ring substituents is 1. The second-order valence-electron chi connectivity index (χ2n) is 4.40. The van der Waals surface area contributed by atoms with Crippen LogP contribution >= 0.6 is 0 Å². The van der Waals surface area contributed by atoms with Crippen molar-refractivity contribution < 1.29 is 14.8 Å². The molecule has 0 radical (unpaired) electrons. The van der Waals surface area contributed by atoms with E-state index >= 15 is 0 Å². The number of carbonyl (C=O) groups is 1. The maximum absolute atomic E-state index is 12.3. The molecule has 0 aliphatic rings. The van der Waals surface area contributed by atoms with Gasteiger partial charge in [0.05, 0.1) is 16.6 Å². The Hall–Kier alpha value is -2.53. The largest absolute Gasteiger partial charge is 0.388 e. The number of benzene rings is 2. The Morgan fingerprint density at radius 2 is 1.80 bits per heavy atom. The molecule has 20 heavy (non-hydrogen) atoms. The van der Waals surface area contributed by atoms with Gasteiger partial charge in [-0.15, -0.1) is 0 Å². The van der Waals surface area contributed by atoms with E-state index in [0.29, 0.717) is 11.1 Å². The molecule has 0 saturated carbocycles. The molecule has 1 unspecified atom stereocenters. The number of rotatable bonds is 4. The van der Waals surface area contributed by atoms with Gasteiger partial charge in [0.25, 0.3) is 5.69 Å². The molecular weight excluding hydrogens is 258 g/mol. The van der Waals surface area contributed by atoms with Crippen molar-refractivity contribution in [2.45, 2.75) is 13.0 Å². The summed E-state index contributed by atoms with van der Waals surface area (Å²) in [5.41, 5.74) is 0.761. The molecule has 0 heterocycles. The van der Waals surface area contributed by atoms with E-state index in [2.05, 4.69) is 0 Å². The summed E-state index contributed by atoms with van der Waals surface area (Å²) in [4.78, 5) is 22.6. The van der Waals surface area contributed by atoms with Gasteiger partial charge in [-0.1, -0.05) is 30.3 Å². The number of ketones is 1. The summed E-state index contributed by atoms with van der Waals surface area (Å²) in [7, 11) is 0. The normalized spacial score (nSPS) is 11.9. The smallest absolute Gasteiger partial charge is 0.275 e. The first kappa shape index (κ1) is 13.9. The van der Waals surface area contributed by atoms with Gasteiger partial charge >= 0.3 is 0 Å². The van der Waals surface area contributed by atoms with Gasteiger partial charge in [0.15, 0.2) is 5.78 Å². The van der Waals surface area contributed by atoms with Gasteiger partial charge in [0, 0.05) is 17.2 Å². The highest BCUT2D eigenvalue weighted by Crippen LogP contribution is 2.27. The number of nitro groups is 1. The van der Waals surface area contributed by atoms with Crippen molar-refractivity contribution in [1.29, 1.82) is 0 Å². The number of hydrogen-bond donors (Lipinski definition) is 1. The highest BCUT2D eigenvalue weighted by molar-refractivity contribution is 6.09. The van der Waals surface area contributed by atoms with E-state index in [1.165, 1.54) is 25.1 Å². The molecule has 5 nitrogen and oxygen atoms in total. The van der Waals surface area contributed by atoms with E-state index in [4.69, 9.17) is 0 Å². The zero-order valence-electron chi connectivity index (χ0n) is 10.8.